The van der Waals surface area contributed by atoms with Crippen LogP contribution in [0.5, 0.6) is 0 Å². The molecule has 0 radical (unpaired) electrons. The Bertz CT molecular complexity index is 180. The monoisotopic (exact) mass is 190 g/mol. The molecule has 9 heavy (non-hydrogen) atoms. The molecule has 1 heterocycles. The third kappa shape index (κ3) is 1.93. The second kappa shape index (κ2) is 3.34. The average Bonchev–Trinajstić information content (AvgIpc) is 2.12. The molecule has 3 nitrogen and oxygen atoms in total. The summed E-state index contributed by atoms with van der Waals surface area (Å²) in [5, 5.41) is 8.18. The van der Waals surface area contributed by atoms with Gasteiger partial charge in [0, 0.05) is 0 Å². The topological polar surface area (TPSA) is 50.4 Å². The summed E-state index contributed by atoms with van der Waals surface area (Å²) in [5.41, 5.74) is 0. The third-order valence-electron chi connectivity index (χ3n) is 0.732. The molecule has 0 aliphatic rings. The van der Waals surface area contributed by atoms with E-state index in [1.165, 1.54) is 18.4 Å². The van der Waals surface area contributed by atoms with E-state index >= 15 is 0 Å². The molecule has 1 aromatic heterocycles. The first-order valence-corrected chi connectivity index (χ1v) is 2.07. The molecule has 1 aromatic rings. The molecule has 0 aliphatic heterocycles. The van der Waals surface area contributed by atoms with Gasteiger partial charge in [0.1, 0.15) is 0 Å². The van der Waals surface area contributed by atoms with Gasteiger partial charge in [-0.05, 0) is 12.1 Å². The predicted molar refractivity (Wildman–Crippen MR) is 37.0 cm³/mol. The molecule has 0 saturated heterocycles. The number of furan rings is 1. The number of hydrogen-bond donors (Lipinski definition) is 1. The van der Waals surface area contributed by atoms with Crippen molar-refractivity contribution < 1.29 is 14.3 Å². The van der Waals surface area contributed by atoms with Gasteiger partial charge in [-0.3, -0.25) is 0 Å². The fourth-order valence-corrected chi connectivity index (χ4v) is 0.400. The van der Waals surface area contributed by atoms with Crippen LogP contribution in [0.2, 0.25) is 0 Å². The van der Waals surface area contributed by atoms with E-state index in [0.717, 1.165) is 0 Å². The summed E-state index contributed by atoms with van der Waals surface area (Å²) in [6, 6.07) is 2.92. The van der Waals surface area contributed by atoms with E-state index in [1.54, 1.807) is 0 Å². The van der Waals surface area contributed by atoms with Gasteiger partial charge in [0.2, 0.25) is 5.76 Å². The standard InChI is InChI=1S/C5H4O3.GeH4/c6-5(7)4-2-1-3-8-4;/h1-3H,(H,6,7);1H4. The second-order valence-electron chi connectivity index (χ2n) is 1.28. The van der Waals surface area contributed by atoms with Gasteiger partial charge < -0.3 is 9.52 Å². The van der Waals surface area contributed by atoms with Crippen LogP contribution in [0, 0.1) is 0 Å². The number of aromatic carboxylic acids is 1. The van der Waals surface area contributed by atoms with E-state index in [2.05, 4.69) is 4.42 Å². The Hall–Kier alpha value is -0.707. The maximum absolute atomic E-state index is 9.97. The zero-order chi connectivity index (χ0) is 5.98. The third-order valence-corrected chi connectivity index (χ3v) is 0.732. The zero-order valence-electron chi connectivity index (χ0n) is 4.00. The Morgan fingerprint density at radius 2 is 2.33 bits per heavy atom. The molecule has 1 rings (SSSR count). The minimum atomic E-state index is -1.03. The molecule has 0 aromatic carbocycles. The zero-order valence-corrected chi connectivity index (χ0v) is 4.00. The molecule has 0 amide bonds. The van der Waals surface area contributed by atoms with Crippen LogP contribution in [0.3, 0.4) is 0 Å². The molecule has 0 aliphatic carbocycles. The molecule has 1 N–H and O–H groups in total. The molecular formula is C5H8GeO3. The summed E-state index contributed by atoms with van der Waals surface area (Å²) in [6.45, 7) is 0. The maximum atomic E-state index is 9.97. The normalized spacial score (nSPS) is 8.00. The molecule has 0 unspecified atom stereocenters. The minimum absolute atomic E-state index is 0. The average molecular weight is 189 g/mol. The number of carbonyl (C=O) groups is 1. The van der Waals surface area contributed by atoms with Crippen LogP contribution >= 0.6 is 0 Å². The summed E-state index contributed by atoms with van der Waals surface area (Å²) in [4.78, 5) is 9.97. The van der Waals surface area contributed by atoms with Crippen LogP contribution in [0.25, 0.3) is 0 Å². The van der Waals surface area contributed by atoms with E-state index in [9.17, 15) is 4.79 Å². The van der Waals surface area contributed by atoms with E-state index in [1.807, 2.05) is 0 Å². The first-order chi connectivity index (χ1) is 3.80. The van der Waals surface area contributed by atoms with Crippen LogP contribution < -0.4 is 0 Å². The quantitative estimate of drug-likeness (QED) is 0.607. The van der Waals surface area contributed by atoms with Crippen LogP contribution in [-0.4, -0.2) is 28.7 Å². The first-order valence-electron chi connectivity index (χ1n) is 2.07. The molecular weight excluding hydrogens is 181 g/mol. The number of hydrogen-bond acceptors (Lipinski definition) is 2. The van der Waals surface area contributed by atoms with Crippen molar-refractivity contribution in [1.82, 2.24) is 0 Å². The summed E-state index contributed by atoms with van der Waals surface area (Å²) in [7, 11) is 0. The molecule has 0 atom stereocenters. The fourth-order valence-electron chi connectivity index (χ4n) is 0.400. The molecule has 0 spiro atoms. The number of carboxylic acid groups (broad SMARTS) is 1. The van der Waals surface area contributed by atoms with Crippen molar-refractivity contribution >= 4 is 23.6 Å². The Balaban J connectivity index is 0.000000640. The van der Waals surface area contributed by atoms with Gasteiger partial charge in [0.15, 0.2) is 0 Å². The van der Waals surface area contributed by atoms with Gasteiger partial charge in [0.25, 0.3) is 0 Å². The van der Waals surface area contributed by atoms with Gasteiger partial charge in [-0.1, -0.05) is 0 Å². The molecule has 0 bridgehead atoms. The van der Waals surface area contributed by atoms with Crippen LogP contribution in [0.15, 0.2) is 22.8 Å². The van der Waals surface area contributed by atoms with E-state index in [4.69, 9.17) is 5.11 Å². The van der Waals surface area contributed by atoms with Crippen molar-refractivity contribution in [3.05, 3.63) is 24.2 Å². The van der Waals surface area contributed by atoms with Gasteiger partial charge >= 0.3 is 23.6 Å². The van der Waals surface area contributed by atoms with Crippen molar-refractivity contribution in [2.75, 3.05) is 0 Å². The van der Waals surface area contributed by atoms with Crippen molar-refractivity contribution in [2.45, 2.75) is 0 Å². The summed E-state index contributed by atoms with van der Waals surface area (Å²) >= 11 is 0. The molecule has 0 fully saturated rings. The van der Waals surface area contributed by atoms with Crippen molar-refractivity contribution in [3.63, 3.8) is 0 Å². The van der Waals surface area contributed by atoms with Gasteiger partial charge in [-0.25, -0.2) is 4.79 Å². The Labute approximate surface area is 62.6 Å². The SMILES string of the molecule is O=C(O)c1ccco1.[GeH4]. The Morgan fingerprint density at radius 3 is 2.56 bits per heavy atom. The van der Waals surface area contributed by atoms with Crippen molar-refractivity contribution in [2.24, 2.45) is 0 Å². The fraction of sp³-hybridized carbons (Fsp3) is 0. The predicted octanol–water partition coefficient (Wildman–Crippen LogP) is -0.474. The summed E-state index contributed by atoms with van der Waals surface area (Å²) in [5.74, 6) is -1.06. The molecule has 50 valence electrons. The number of carboxylic acids is 1. The van der Waals surface area contributed by atoms with Gasteiger partial charge in [-0.15, -0.1) is 0 Å². The van der Waals surface area contributed by atoms with Crippen LogP contribution in [0.4, 0.5) is 0 Å². The van der Waals surface area contributed by atoms with Crippen molar-refractivity contribution in [3.8, 4) is 0 Å². The van der Waals surface area contributed by atoms with E-state index in [0.29, 0.717) is 0 Å². The van der Waals surface area contributed by atoms with E-state index < -0.39 is 5.97 Å². The van der Waals surface area contributed by atoms with Crippen LogP contribution in [-0.2, 0) is 0 Å². The van der Waals surface area contributed by atoms with Gasteiger partial charge in [-0.2, -0.15) is 0 Å². The Morgan fingerprint density at radius 1 is 1.67 bits per heavy atom. The number of rotatable bonds is 1. The molecule has 4 heteroatoms. The summed E-state index contributed by atoms with van der Waals surface area (Å²) < 4.78 is 4.50. The van der Waals surface area contributed by atoms with Gasteiger partial charge in [0.05, 0.1) is 6.26 Å². The Kier molecular flexibility index (Phi) is 3.08. The van der Waals surface area contributed by atoms with E-state index in [-0.39, 0.29) is 23.4 Å². The van der Waals surface area contributed by atoms with Crippen molar-refractivity contribution in [1.29, 1.82) is 0 Å². The second-order valence-corrected chi connectivity index (χ2v) is 1.28. The van der Waals surface area contributed by atoms with Crippen LogP contribution in [0.1, 0.15) is 10.6 Å². The molecule has 0 saturated carbocycles. The summed E-state index contributed by atoms with van der Waals surface area (Å²) in [6.07, 6.45) is 1.32. The first kappa shape index (κ1) is 8.29.